The Morgan fingerprint density at radius 3 is 2.16 bits per heavy atom. The zero-order chi connectivity index (χ0) is 40.6. The van der Waals surface area contributed by atoms with E-state index in [9.17, 15) is 9.59 Å². The smallest absolute Gasteiger partial charge is 0.251 e. The largest absolute Gasteiger partial charge is 0.352 e. The van der Waals surface area contributed by atoms with Gasteiger partial charge in [0, 0.05) is 59.7 Å². The highest BCUT2D eigenvalue weighted by Gasteiger charge is 2.18. The maximum Gasteiger partial charge on any atom is 0.251 e. The van der Waals surface area contributed by atoms with Crippen molar-refractivity contribution in [3.63, 3.8) is 0 Å². The van der Waals surface area contributed by atoms with Gasteiger partial charge in [-0.25, -0.2) is 9.97 Å². The first kappa shape index (κ1) is 40.9. The fraction of sp³-hybridized carbons (Fsp3) is 0.306. The number of hydrogen-bond acceptors (Lipinski definition) is 4. The van der Waals surface area contributed by atoms with E-state index < -0.39 is 0 Å². The summed E-state index contributed by atoms with van der Waals surface area (Å²) < 4.78 is 4.53. The molecule has 0 spiro atoms. The van der Waals surface area contributed by atoms with Crippen LogP contribution in [0.1, 0.15) is 102 Å². The summed E-state index contributed by atoms with van der Waals surface area (Å²) in [5.41, 5.74) is 10.8. The van der Waals surface area contributed by atoms with Crippen molar-refractivity contribution in [2.45, 2.75) is 84.6 Å². The second kappa shape index (κ2) is 19.0. The van der Waals surface area contributed by atoms with E-state index in [0.29, 0.717) is 40.7 Å². The monoisotopic (exact) mass is 811 g/mol. The van der Waals surface area contributed by atoms with Crippen LogP contribution in [0.25, 0.3) is 44.6 Å². The predicted octanol–water partition coefficient (Wildman–Crippen LogP) is 12.6. The number of benzene rings is 5. The number of aryl methyl sites for hydroxylation is 3. The Morgan fingerprint density at radius 2 is 1.41 bits per heavy atom. The number of imidazole rings is 2. The number of para-hydroxylation sites is 2. The lowest BCUT2D eigenvalue weighted by molar-refractivity contribution is 0.0951. The number of carbonyl (C=O) groups excluding carboxylic acids is 2. The topological polar surface area (TPSA) is 81.8 Å². The number of carbonyl (C=O) groups is 2. The summed E-state index contributed by atoms with van der Waals surface area (Å²) in [7, 11) is 2.08. The molecule has 2 heterocycles. The third-order valence-electron chi connectivity index (χ3n) is 11.0. The van der Waals surface area contributed by atoms with Crippen LogP contribution in [0.5, 0.6) is 0 Å². The van der Waals surface area contributed by atoms with Gasteiger partial charge in [0.1, 0.15) is 11.6 Å². The van der Waals surface area contributed by atoms with Gasteiger partial charge in [-0.1, -0.05) is 117 Å². The Morgan fingerprint density at radius 1 is 0.724 bits per heavy atom. The second-order valence-corrected chi connectivity index (χ2v) is 16.2. The molecule has 7 nitrogen and oxygen atoms in total. The fourth-order valence-corrected chi connectivity index (χ4v) is 8.45. The van der Waals surface area contributed by atoms with E-state index in [0.717, 1.165) is 114 Å². The SMILES string of the molecule is CCCc1nc2c(C)cc(-c3nc4ccccc4n3C)cc2n1Cc1ccc(-c2ccccc2C(=O)NCCCCCCCCCC(=O)c2cc(Cl)cc(Cl)c2)cc1. The Labute approximate surface area is 351 Å². The lowest BCUT2D eigenvalue weighted by Gasteiger charge is -2.13. The summed E-state index contributed by atoms with van der Waals surface area (Å²) in [5.74, 6) is 2.06. The van der Waals surface area contributed by atoms with E-state index in [1.807, 2.05) is 30.3 Å². The third-order valence-corrected chi connectivity index (χ3v) is 11.4. The second-order valence-electron chi connectivity index (χ2n) is 15.3. The van der Waals surface area contributed by atoms with Crippen LogP contribution in [0.3, 0.4) is 0 Å². The highest BCUT2D eigenvalue weighted by molar-refractivity contribution is 6.35. The van der Waals surface area contributed by atoms with Gasteiger partial charge in [-0.3, -0.25) is 9.59 Å². The molecule has 5 aromatic carbocycles. The number of fused-ring (bicyclic) bond motifs is 2. The van der Waals surface area contributed by atoms with E-state index in [-0.39, 0.29) is 11.7 Å². The lowest BCUT2D eigenvalue weighted by Crippen LogP contribution is -2.25. The molecule has 7 rings (SSSR count). The van der Waals surface area contributed by atoms with Crippen LogP contribution in [0.2, 0.25) is 10.0 Å². The number of hydrogen-bond donors (Lipinski definition) is 1. The number of amides is 1. The van der Waals surface area contributed by atoms with Crippen LogP contribution >= 0.6 is 23.2 Å². The van der Waals surface area contributed by atoms with Gasteiger partial charge in [-0.05, 0) is 97.0 Å². The van der Waals surface area contributed by atoms with Crippen molar-refractivity contribution in [2.24, 2.45) is 7.05 Å². The molecule has 298 valence electrons. The summed E-state index contributed by atoms with van der Waals surface area (Å²) in [5, 5.41) is 4.12. The van der Waals surface area contributed by atoms with Crippen LogP contribution < -0.4 is 5.32 Å². The van der Waals surface area contributed by atoms with Crippen molar-refractivity contribution in [1.29, 1.82) is 0 Å². The molecule has 0 radical (unpaired) electrons. The molecule has 0 unspecified atom stereocenters. The first-order valence-corrected chi connectivity index (χ1v) is 21.3. The number of Topliss-reactive ketones (excluding diaryl/α,β-unsaturated/α-hetero) is 1. The molecule has 0 aliphatic rings. The summed E-state index contributed by atoms with van der Waals surface area (Å²) in [6.07, 6.45) is 9.56. The summed E-state index contributed by atoms with van der Waals surface area (Å²) in [6.45, 7) is 5.67. The predicted molar refractivity (Wildman–Crippen MR) is 239 cm³/mol. The van der Waals surface area contributed by atoms with Gasteiger partial charge in [0.15, 0.2) is 5.78 Å². The number of aromatic nitrogens is 4. The zero-order valence-electron chi connectivity index (χ0n) is 33.7. The van der Waals surface area contributed by atoms with E-state index in [4.69, 9.17) is 33.2 Å². The maximum atomic E-state index is 13.4. The number of unbranched alkanes of at least 4 members (excludes halogenated alkanes) is 6. The van der Waals surface area contributed by atoms with Crippen molar-refractivity contribution >= 4 is 57.0 Å². The molecule has 9 heteroatoms. The Hall–Kier alpha value is -5.24. The lowest BCUT2D eigenvalue weighted by atomic mass is 9.98. The van der Waals surface area contributed by atoms with Gasteiger partial charge in [0.05, 0.1) is 22.1 Å². The molecule has 7 aromatic rings. The quantitative estimate of drug-likeness (QED) is 0.0691. The molecule has 0 aliphatic heterocycles. The van der Waals surface area contributed by atoms with Gasteiger partial charge in [0.2, 0.25) is 0 Å². The van der Waals surface area contributed by atoms with Crippen molar-refractivity contribution in [3.05, 3.63) is 141 Å². The Kier molecular flexibility index (Phi) is 13.4. The number of nitrogens with one attached hydrogen (secondary N) is 1. The molecular weight excluding hydrogens is 761 g/mol. The molecule has 1 amide bonds. The standard InChI is InChI=1S/C49H51Cl2N5O2/c1-4-16-46-54-47-33(2)27-37(48-53-42-19-13-14-20-43(42)55(48)3)30-44(47)56(46)32-34-22-24-35(25-23-34)40-17-11-12-18-41(40)49(58)52-26-15-9-7-5-6-8-10-21-45(57)36-28-38(50)31-39(51)29-36/h11-14,17-20,22-25,27-31H,4-10,15-16,21,26,32H2,1-3H3,(H,52,58). The highest BCUT2D eigenvalue weighted by Crippen LogP contribution is 2.31. The molecule has 0 saturated heterocycles. The van der Waals surface area contributed by atoms with Gasteiger partial charge in [-0.15, -0.1) is 0 Å². The van der Waals surface area contributed by atoms with Crippen LogP contribution in [0, 0.1) is 6.92 Å². The molecule has 0 atom stereocenters. The average Bonchev–Trinajstić information content (AvgIpc) is 3.75. The molecule has 58 heavy (non-hydrogen) atoms. The summed E-state index contributed by atoms with van der Waals surface area (Å²) >= 11 is 12.1. The van der Waals surface area contributed by atoms with E-state index >= 15 is 0 Å². The number of halogens is 2. The number of rotatable bonds is 18. The molecular formula is C49H51Cl2N5O2. The van der Waals surface area contributed by atoms with Gasteiger partial charge < -0.3 is 14.5 Å². The van der Waals surface area contributed by atoms with E-state index in [1.165, 1.54) is 5.56 Å². The molecule has 0 aliphatic carbocycles. The van der Waals surface area contributed by atoms with Gasteiger partial charge in [0.25, 0.3) is 5.91 Å². The molecule has 0 saturated carbocycles. The third kappa shape index (κ3) is 9.54. The minimum Gasteiger partial charge on any atom is -0.352 e. The van der Waals surface area contributed by atoms with E-state index in [1.54, 1.807) is 18.2 Å². The van der Waals surface area contributed by atoms with Crippen LogP contribution in [0.15, 0.2) is 103 Å². The van der Waals surface area contributed by atoms with Crippen LogP contribution in [0.4, 0.5) is 0 Å². The minimum absolute atomic E-state index is 0.0498. The average molecular weight is 813 g/mol. The van der Waals surface area contributed by atoms with E-state index in [2.05, 4.69) is 89.9 Å². The minimum atomic E-state index is -0.0498. The molecule has 0 fully saturated rings. The summed E-state index contributed by atoms with van der Waals surface area (Å²) in [4.78, 5) is 36.0. The van der Waals surface area contributed by atoms with Gasteiger partial charge in [-0.2, -0.15) is 0 Å². The van der Waals surface area contributed by atoms with Gasteiger partial charge >= 0.3 is 0 Å². The Balaban J connectivity index is 0.935. The number of nitrogens with zero attached hydrogens (tertiary/aromatic N) is 4. The molecule has 1 N–H and O–H groups in total. The normalized spacial score (nSPS) is 11.5. The fourth-order valence-electron chi connectivity index (χ4n) is 7.92. The molecule has 2 aromatic heterocycles. The van der Waals surface area contributed by atoms with Crippen LogP contribution in [-0.2, 0) is 20.0 Å². The van der Waals surface area contributed by atoms with Crippen molar-refractivity contribution in [3.8, 4) is 22.5 Å². The molecule has 0 bridgehead atoms. The highest BCUT2D eigenvalue weighted by atomic mass is 35.5. The van der Waals surface area contributed by atoms with Crippen molar-refractivity contribution < 1.29 is 9.59 Å². The first-order chi connectivity index (χ1) is 28.2. The van der Waals surface area contributed by atoms with Crippen molar-refractivity contribution in [2.75, 3.05) is 6.54 Å². The van der Waals surface area contributed by atoms with Crippen molar-refractivity contribution in [1.82, 2.24) is 24.4 Å². The first-order valence-electron chi connectivity index (χ1n) is 20.6. The number of ketones is 1. The summed E-state index contributed by atoms with van der Waals surface area (Å²) in [6, 6.07) is 34.1. The maximum absolute atomic E-state index is 13.4. The van der Waals surface area contributed by atoms with Crippen LogP contribution in [-0.4, -0.2) is 37.3 Å². The Bertz CT molecular complexity index is 2530. The zero-order valence-corrected chi connectivity index (χ0v) is 35.2.